The van der Waals surface area contributed by atoms with Crippen molar-refractivity contribution in [2.24, 2.45) is 10.9 Å². The standard InChI is InChI=1S/C25H23N5O3S/c1-16-13-22(30(15-16)20-6-4-5-18(14-20)24(26)27)25(31)29-19-11-9-17(10-12-19)21-7-2-3-8-23(21)34(28,32)33/h2-15H,1H3,(H3,26,27)(H,29,31)(H2,28,32,33). The third kappa shape index (κ3) is 4.75. The minimum atomic E-state index is -3.88. The third-order valence-electron chi connectivity index (χ3n) is 5.27. The molecule has 1 amide bonds. The van der Waals surface area contributed by atoms with Crippen molar-refractivity contribution in [1.82, 2.24) is 4.57 Å². The minimum Gasteiger partial charge on any atom is -0.384 e. The number of nitrogens with zero attached hydrogens (tertiary/aromatic N) is 1. The van der Waals surface area contributed by atoms with Crippen LogP contribution in [0.4, 0.5) is 5.69 Å². The number of hydrogen-bond acceptors (Lipinski definition) is 4. The van der Waals surface area contributed by atoms with Crippen LogP contribution in [0.1, 0.15) is 21.6 Å². The molecule has 1 aromatic heterocycles. The van der Waals surface area contributed by atoms with Crippen LogP contribution in [-0.4, -0.2) is 24.7 Å². The predicted octanol–water partition coefficient (Wildman–Crippen LogP) is 3.64. The topological polar surface area (TPSA) is 144 Å². The van der Waals surface area contributed by atoms with Crippen LogP contribution in [0.3, 0.4) is 0 Å². The lowest BCUT2D eigenvalue weighted by Gasteiger charge is -2.12. The Bertz CT molecular complexity index is 1510. The van der Waals surface area contributed by atoms with Crippen molar-refractivity contribution in [3.05, 3.63) is 102 Å². The van der Waals surface area contributed by atoms with Crippen LogP contribution in [0.25, 0.3) is 16.8 Å². The highest BCUT2D eigenvalue weighted by Gasteiger charge is 2.17. The van der Waals surface area contributed by atoms with E-state index in [-0.39, 0.29) is 16.6 Å². The molecule has 3 aromatic carbocycles. The molecular formula is C25H23N5O3S. The molecule has 4 rings (SSSR count). The lowest BCUT2D eigenvalue weighted by Crippen LogP contribution is -2.16. The molecular weight excluding hydrogens is 450 g/mol. The minimum absolute atomic E-state index is 0.0351. The highest BCUT2D eigenvalue weighted by atomic mass is 32.2. The molecule has 0 saturated heterocycles. The number of nitrogens with one attached hydrogen (secondary N) is 2. The second-order valence-corrected chi connectivity index (χ2v) is 9.34. The largest absolute Gasteiger partial charge is 0.384 e. The number of aromatic nitrogens is 1. The zero-order valence-electron chi connectivity index (χ0n) is 18.3. The zero-order chi connectivity index (χ0) is 24.5. The van der Waals surface area contributed by atoms with Crippen molar-refractivity contribution in [3.8, 4) is 16.8 Å². The van der Waals surface area contributed by atoms with Crippen molar-refractivity contribution in [2.75, 3.05) is 5.32 Å². The van der Waals surface area contributed by atoms with Gasteiger partial charge in [0.2, 0.25) is 10.0 Å². The van der Waals surface area contributed by atoms with E-state index in [0.717, 1.165) is 5.56 Å². The maximum Gasteiger partial charge on any atom is 0.272 e. The molecule has 0 saturated carbocycles. The maximum absolute atomic E-state index is 13.1. The highest BCUT2D eigenvalue weighted by molar-refractivity contribution is 7.89. The number of anilines is 1. The quantitative estimate of drug-likeness (QED) is 0.250. The number of amidine groups is 1. The summed E-state index contributed by atoms with van der Waals surface area (Å²) in [5.41, 5.74) is 9.88. The lowest BCUT2D eigenvalue weighted by atomic mass is 10.1. The Balaban J connectivity index is 1.61. The normalized spacial score (nSPS) is 11.2. The fourth-order valence-corrected chi connectivity index (χ4v) is 4.45. The van der Waals surface area contributed by atoms with Crippen molar-refractivity contribution in [1.29, 1.82) is 5.41 Å². The third-order valence-corrected chi connectivity index (χ3v) is 6.24. The Morgan fingerprint density at radius 1 is 0.971 bits per heavy atom. The average molecular weight is 474 g/mol. The van der Waals surface area contributed by atoms with E-state index in [1.807, 2.05) is 19.2 Å². The zero-order valence-corrected chi connectivity index (χ0v) is 19.1. The second kappa shape index (κ2) is 8.97. The summed E-state index contributed by atoms with van der Waals surface area (Å²) in [6, 6.07) is 22.2. The van der Waals surface area contributed by atoms with Gasteiger partial charge in [0, 0.05) is 28.7 Å². The molecule has 0 bridgehead atoms. The van der Waals surface area contributed by atoms with Crippen molar-refractivity contribution >= 4 is 27.5 Å². The SMILES string of the molecule is Cc1cc(C(=O)Nc2ccc(-c3ccccc3S(N)(=O)=O)cc2)n(-c2cccc(C(=N)N)c2)c1. The molecule has 0 spiro atoms. The van der Waals surface area contributed by atoms with Gasteiger partial charge in [-0.2, -0.15) is 0 Å². The Morgan fingerprint density at radius 2 is 1.68 bits per heavy atom. The molecule has 0 unspecified atom stereocenters. The van der Waals surface area contributed by atoms with E-state index in [1.165, 1.54) is 6.07 Å². The van der Waals surface area contributed by atoms with Gasteiger partial charge in [-0.05, 0) is 54.4 Å². The summed E-state index contributed by atoms with van der Waals surface area (Å²) in [4.78, 5) is 13.1. The summed E-state index contributed by atoms with van der Waals surface area (Å²) in [6.07, 6.45) is 1.83. The molecule has 8 nitrogen and oxygen atoms in total. The number of carbonyl (C=O) groups is 1. The van der Waals surface area contributed by atoms with E-state index < -0.39 is 10.0 Å². The van der Waals surface area contributed by atoms with Crippen LogP contribution in [-0.2, 0) is 10.0 Å². The molecule has 172 valence electrons. The smallest absolute Gasteiger partial charge is 0.272 e. The van der Waals surface area contributed by atoms with Crippen molar-refractivity contribution in [2.45, 2.75) is 11.8 Å². The number of nitrogens with two attached hydrogens (primary N) is 2. The van der Waals surface area contributed by atoms with Crippen LogP contribution in [0.15, 0.2) is 90.0 Å². The molecule has 0 aliphatic heterocycles. The van der Waals surface area contributed by atoms with Gasteiger partial charge in [-0.25, -0.2) is 13.6 Å². The van der Waals surface area contributed by atoms with Gasteiger partial charge in [0.25, 0.3) is 5.91 Å². The summed E-state index contributed by atoms with van der Waals surface area (Å²) < 4.78 is 25.6. The van der Waals surface area contributed by atoms with Crippen LogP contribution in [0.2, 0.25) is 0 Å². The Morgan fingerprint density at radius 3 is 2.35 bits per heavy atom. The van der Waals surface area contributed by atoms with Gasteiger partial charge in [-0.1, -0.05) is 42.5 Å². The molecule has 0 atom stereocenters. The Labute approximate surface area is 197 Å². The molecule has 6 N–H and O–H groups in total. The van der Waals surface area contributed by atoms with E-state index in [9.17, 15) is 13.2 Å². The number of nitrogen functional groups attached to an aromatic ring is 1. The first-order valence-corrected chi connectivity index (χ1v) is 11.9. The van der Waals surface area contributed by atoms with Gasteiger partial charge in [0.05, 0.1) is 4.90 Å². The van der Waals surface area contributed by atoms with Gasteiger partial charge in [0.1, 0.15) is 11.5 Å². The van der Waals surface area contributed by atoms with E-state index in [1.54, 1.807) is 71.3 Å². The number of amides is 1. The number of aryl methyl sites for hydroxylation is 1. The molecule has 1 heterocycles. The van der Waals surface area contributed by atoms with Gasteiger partial charge in [0.15, 0.2) is 0 Å². The summed E-state index contributed by atoms with van der Waals surface area (Å²) in [6.45, 7) is 1.89. The van der Waals surface area contributed by atoms with E-state index in [0.29, 0.717) is 33.8 Å². The number of sulfonamides is 1. The number of benzene rings is 3. The number of hydrogen-bond donors (Lipinski definition) is 4. The summed E-state index contributed by atoms with van der Waals surface area (Å²) in [7, 11) is -3.88. The van der Waals surface area contributed by atoms with E-state index >= 15 is 0 Å². The summed E-state index contributed by atoms with van der Waals surface area (Å²) in [5, 5.41) is 15.9. The molecule has 9 heteroatoms. The molecule has 0 aliphatic rings. The van der Waals surface area contributed by atoms with Crippen molar-refractivity contribution in [3.63, 3.8) is 0 Å². The molecule has 0 fully saturated rings. The molecule has 0 aliphatic carbocycles. The van der Waals surface area contributed by atoms with Crippen LogP contribution >= 0.6 is 0 Å². The maximum atomic E-state index is 13.1. The number of carbonyl (C=O) groups excluding carboxylic acids is 1. The monoisotopic (exact) mass is 473 g/mol. The first-order chi connectivity index (χ1) is 16.1. The first-order valence-electron chi connectivity index (χ1n) is 10.3. The fraction of sp³-hybridized carbons (Fsp3) is 0.0400. The van der Waals surface area contributed by atoms with E-state index in [2.05, 4.69) is 5.32 Å². The van der Waals surface area contributed by atoms with Gasteiger partial charge < -0.3 is 15.6 Å². The van der Waals surface area contributed by atoms with Crippen LogP contribution < -0.4 is 16.2 Å². The van der Waals surface area contributed by atoms with Crippen LogP contribution in [0.5, 0.6) is 0 Å². The predicted molar refractivity (Wildman–Crippen MR) is 133 cm³/mol. The summed E-state index contributed by atoms with van der Waals surface area (Å²) >= 11 is 0. The lowest BCUT2D eigenvalue weighted by molar-refractivity contribution is 0.102. The second-order valence-electron chi connectivity index (χ2n) is 7.81. The van der Waals surface area contributed by atoms with Gasteiger partial charge >= 0.3 is 0 Å². The number of rotatable bonds is 6. The Kier molecular flexibility index (Phi) is 6.06. The first kappa shape index (κ1) is 23.0. The number of primary sulfonamides is 1. The van der Waals surface area contributed by atoms with Crippen LogP contribution in [0, 0.1) is 12.3 Å². The highest BCUT2D eigenvalue weighted by Crippen LogP contribution is 2.28. The van der Waals surface area contributed by atoms with Gasteiger partial charge in [-0.3, -0.25) is 10.2 Å². The average Bonchev–Trinajstić information content (AvgIpc) is 3.21. The fourth-order valence-electron chi connectivity index (χ4n) is 3.69. The molecule has 34 heavy (non-hydrogen) atoms. The molecule has 0 radical (unpaired) electrons. The van der Waals surface area contributed by atoms with Crippen molar-refractivity contribution < 1.29 is 13.2 Å². The van der Waals surface area contributed by atoms with E-state index in [4.69, 9.17) is 16.3 Å². The Hall–Kier alpha value is -4.21. The van der Waals surface area contributed by atoms with Gasteiger partial charge in [-0.15, -0.1) is 0 Å². The summed E-state index contributed by atoms with van der Waals surface area (Å²) in [5.74, 6) is -0.375. The molecule has 4 aromatic rings.